The largest absolute Gasteiger partial charge is 0.324 e. The number of azide groups is 1. The summed E-state index contributed by atoms with van der Waals surface area (Å²) < 4.78 is 0. The summed E-state index contributed by atoms with van der Waals surface area (Å²) in [6.07, 6.45) is 3.62. The molecule has 1 aromatic rings. The summed E-state index contributed by atoms with van der Waals surface area (Å²) in [6.45, 7) is 0.343. The van der Waals surface area contributed by atoms with Crippen molar-refractivity contribution < 1.29 is 0 Å². The number of rotatable bonds is 4. The number of para-hydroxylation sites is 1. The van der Waals surface area contributed by atoms with E-state index < -0.39 is 0 Å². The number of nitrogen functional groups attached to an aromatic ring is 1. The van der Waals surface area contributed by atoms with Crippen molar-refractivity contribution >= 4 is 11.8 Å². The molecule has 0 saturated heterocycles. The molecule has 0 atom stereocenters. The van der Waals surface area contributed by atoms with Crippen LogP contribution < -0.4 is 11.3 Å². The summed E-state index contributed by atoms with van der Waals surface area (Å²) >= 11 is 0. The van der Waals surface area contributed by atoms with E-state index in [9.17, 15) is 0 Å². The maximum absolute atomic E-state index is 8.06. The molecule has 0 radical (unpaired) electrons. The van der Waals surface area contributed by atoms with Crippen LogP contribution >= 0.6 is 0 Å². The van der Waals surface area contributed by atoms with Crippen LogP contribution in [-0.4, -0.2) is 6.54 Å². The second kappa shape index (κ2) is 5.64. The van der Waals surface area contributed by atoms with Crippen LogP contribution in [0.25, 0.3) is 16.5 Å². The van der Waals surface area contributed by atoms with Gasteiger partial charge in [-0.15, -0.1) is 0 Å². The van der Waals surface area contributed by atoms with E-state index in [0.717, 1.165) is 11.3 Å². The first-order chi connectivity index (χ1) is 6.88. The molecule has 5 nitrogen and oxygen atoms in total. The molecule has 0 aliphatic rings. The van der Waals surface area contributed by atoms with Crippen LogP contribution in [0.5, 0.6) is 0 Å². The maximum Gasteiger partial charge on any atom is 0.0557 e. The van der Waals surface area contributed by atoms with Crippen LogP contribution in [0.4, 0.5) is 5.69 Å². The minimum Gasteiger partial charge on any atom is -0.324 e. The molecular formula is C9H11N5. The van der Waals surface area contributed by atoms with E-state index in [4.69, 9.17) is 11.4 Å². The van der Waals surface area contributed by atoms with Crippen molar-refractivity contribution in [3.05, 3.63) is 46.3 Å². The molecule has 14 heavy (non-hydrogen) atoms. The monoisotopic (exact) mass is 189 g/mol. The first kappa shape index (κ1) is 10.1. The van der Waals surface area contributed by atoms with E-state index in [2.05, 4.69) is 15.5 Å². The molecule has 0 amide bonds. The number of hydrazine groups is 1. The zero-order valence-electron chi connectivity index (χ0n) is 7.59. The standard InChI is InChI=1S/C9H11N5/c10-13-9-6-2-1-4-8(9)5-3-7-12-14-11/h1-6,13H,7,10H2. The Labute approximate surface area is 81.8 Å². The van der Waals surface area contributed by atoms with Crippen LogP contribution in [0.1, 0.15) is 5.56 Å². The number of anilines is 1. The van der Waals surface area contributed by atoms with Gasteiger partial charge in [-0.25, -0.2) is 0 Å². The SMILES string of the molecule is [N-]=[N+]=NCC=Cc1ccccc1NN. The molecule has 0 unspecified atom stereocenters. The highest BCUT2D eigenvalue weighted by Gasteiger charge is 1.93. The van der Waals surface area contributed by atoms with Gasteiger partial charge in [0.15, 0.2) is 0 Å². The molecule has 0 spiro atoms. The molecule has 0 fully saturated rings. The van der Waals surface area contributed by atoms with E-state index in [-0.39, 0.29) is 0 Å². The average molecular weight is 189 g/mol. The fourth-order valence-corrected chi connectivity index (χ4v) is 1.04. The summed E-state index contributed by atoms with van der Waals surface area (Å²) in [5.41, 5.74) is 12.4. The Balaban J connectivity index is 2.74. The number of nitrogens with zero attached hydrogens (tertiary/aromatic N) is 3. The number of nitrogens with one attached hydrogen (secondary N) is 1. The van der Waals surface area contributed by atoms with Gasteiger partial charge in [-0.2, -0.15) is 0 Å². The van der Waals surface area contributed by atoms with Crippen LogP contribution in [0, 0.1) is 0 Å². The lowest BCUT2D eigenvalue weighted by atomic mass is 10.1. The Kier molecular flexibility index (Phi) is 4.07. The third-order valence-corrected chi connectivity index (χ3v) is 1.66. The Morgan fingerprint density at radius 2 is 2.29 bits per heavy atom. The zero-order chi connectivity index (χ0) is 10.2. The second-order valence-electron chi connectivity index (χ2n) is 2.55. The van der Waals surface area contributed by atoms with Crippen molar-refractivity contribution in [2.24, 2.45) is 11.0 Å². The molecule has 0 saturated carbocycles. The van der Waals surface area contributed by atoms with E-state index in [1.807, 2.05) is 30.3 Å². The van der Waals surface area contributed by atoms with Gasteiger partial charge in [0.2, 0.25) is 0 Å². The fourth-order valence-electron chi connectivity index (χ4n) is 1.04. The number of hydrogen-bond acceptors (Lipinski definition) is 3. The fraction of sp³-hybridized carbons (Fsp3) is 0.111. The molecule has 0 aliphatic carbocycles. The summed E-state index contributed by atoms with van der Waals surface area (Å²) in [4.78, 5) is 2.64. The summed E-state index contributed by atoms with van der Waals surface area (Å²) in [6, 6.07) is 7.59. The van der Waals surface area contributed by atoms with E-state index in [1.165, 1.54) is 0 Å². The highest BCUT2D eigenvalue weighted by molar-refractivity contribution is 5.65. The topological polar surface area (TPSA) is 86.8 Å². The Bertz CT molecular complexity index is 365. The average Bonchev–Trinajstić information content (AvgIpc) is 2.25. The lowest BCUT2D eigenvalue weighted by Gasteiger charge is -2.03. The molecule has 5 heteroatoms. The molecular weight excluding hydrogens is 178 g/mol. The van der Waals surface area contributed by atoms with E-state index in [0.29, 0.717) is 6.54 Å². The molecule has 3 N–H and O–H groups in total. The highest BCUT2D eigenvalue weighted by Crippen LogP contribution is 2.14. The number of benzene rings is 1. The summed E-state index contributed by atoms with van der Waals surface area (Å²) in [7, 11) is 0. The van der Waals surface area contributed by atoms with Gasteiger partial charge in [0.05, 0.1) is 5.69 Å². The van der Waals surface area contributed by atoms with E-state index in [1.54, 1.807) is 6.08 Å². The van der Waals surface area contributed by atoms with Gasteiger partial charge < -0.3 is 5.43 Å². The quantitative estimate of drug-likeness (QED) is 0.250. The molecule has 1 rings (SSSR count). The van der Waals surface area contributed by atoms with Gasteiger partial charge in [0, 0.05) is 11.5 Å². The van der Waals surface area contributed by atoms with Gasteiger partial charge >= 0.3 is 0 Å². The van der Waals surface area contributed by atoms with E-state index >= 15 is 0 Å². The van der Waals surface area contributed by atoms with Crippen LogP contribution in [0.2, 0.25) is 0 Å². The molecule has 0 bridgehead atoms. The number of nitrogens with two attached hydrogens (primary N) is 1. The smallest absolute Gasteiger partial charge is 0.0557 e. The van der Waals surface area contributed by atoms with Gasteiger partial charge in [0.1, 0.15) is 0 Å². The first-order valence-corrected chi connectivity index (χ1v) is 4.11. The van der Waals surface area contributed by atoms with Gasteiger partial charge in [-0.05, 0) is 17.2 Å². The lowest BCUT2D eigenvalue weighted by molar-refractivity contribution is 1.22. The van der Waals surface area contributed by atoms with Crippen LogP contribution in [-0.2, 0) is 0 Å². The minimum absolute atomic E-state index is 0.343. The molecule has 0 heterocycles. The number of hydrogen-bond donors (Lipinski definition) is 2. The molecule has 0 aliphatic heterocycles. The third kappa shape index (κ3) is 2.82. The normalized spacial score (nSPS) is 9.79. The van der Waals surface area contributed by atoms with Gasteiger partial charge in [-0.3, -0.25) is 5.84 Å². The lowest BCUT2D eigenvalue weighted by Crippen LogP contribution is -2.07. The zero-order valence-corrected chi connectivity index (χ0v) is 7.59. The van der Waals surface area contributed by atoms with Crippen molar-refractivity contribution in [2.75, 3.05) is 12.0 Å². The highest BCUT2D eigenvalue weighted by atomic mass is 15.2. The van der Waals surface area contributed by atoms with Crippen molar-refractivity contribution in [2.45, 2.75) is 0 Å². The van der Waals surface area contributed by atoms with Crippen molar-refractivity contribution in [3.63, 3.8) is 0 Å². The Morgan fingerprint density at radius 1 is 1.50 bits per heavy atom. The molecule has 72 valence electrons. The first-order valence-electron chi connectivity index (χ1n) is 4.11. The van der Waals surface area contributed by atoms with Crippen LogP contribution in [0.15, 0.2) is 35.5 Å². The van der Waals surface area contributed by atoms with Crippen molar-refractivity contribution in [1.29, 1.82) is 0 Å². The van der Waals surface area contributed by atoms with Crippen molar-refractivity contribution in [1.82, 2.24) is 0 Å². The van der Waals surface area contributed by atoms with Crippen molar-refractivity contribution in [3.8, 4) is 0 Å². The molecule has 0 aromatic heterocycles. The third-order valence-electron chi connectivity index (χ3n) is 1.66. The minimum atomic E-state index is 0.343. The van der Waals surface area contributed by atoms with Gasteiger partial charge in [-0.1, -0.05) is 35.5 Å². The summed E-state index contributed by atoms with van der Waals surface area (Å²) in [5, 5.41) is 3.38. The Morgan fingerprint density at radius 3 is 3.00 bits per heavy atom. The van der Waals surface area contributed by atoms with Crippen LogP contribution in [0.3, 0.4) is 0 Å². The predicted octanol–water partition coefficient (Wildman–Crippen LogP) is 2.30. The molecule has 1 aromatic carbocycles. The Hall–Kier alpha value is -1.97. The predicted molar refractivity (Wildman–Crippen MR) is 57.3 cm³/mol. The second-order valence-corrected chi connectivity index (χ2v) is 2.55. The maximum atomic E-state index is 8.06. The summed E-state index contributed by atoms with van der Waals surface area (Å²) in [5.74, 6) is 5.32. The van der Waals surface area contributed by atoms with Gasteiger partial charge in [0.25, 0.3) is 0 Å².